The molecule has 106 valence electrons. The number of amides is 1. The Balaban J connectivity index is 3.01. The van der Waals surface area contributed by atoms with E-state index in [1.165, 1.54) is 12.1 Å². The molecule has 0 aromatic heterocycles. The van der Waals surface area contributed by atoms with Gasteiger partial charge in [-0.2, -0.15) is 0 Å². The van der Waals surface area contributed by atoms with Crippen LogP contribution in [0.5, 0.6) is 0 Å². The van der Waals surface area contributed by atoms with E-state index in [-0.39, 0.29) is 15.8 Å². The second kappa shape index (κ2) is 6.36. The molecule has 5 nitrogen and oxygen atoms in total. The Morgan fingerprint density at radius 3 is 2.53 bits per heavy atom. The molecule has 19 heavy (non-hydrogen) atoms. The van der Waals surface area contributed by atoms with E-state index in [1.54, 1.807) is 6.92 Å². The van der Waals surface area contributed by atoms with Gasteiger partial charge < -0.3 is 5.32 Å². The summed E-state index contributed by atoms with van der Waals surface area (Å²) in [7, 11) is -3.80. The van der Waals surface area contributed by atoms with E-state index >= 15 is 0 Å². The lowest BCUT2D eigenvalue weighted by Crippen LogP contribution is -2.15. The molecule has 0 unspecified atom stereocenters. The van der Waals surface area contributed by atoms with Crippen LogP contribution in [-0.4, -0.2) is 14.3 Å². The highest BCUT2D eigenvalue weighted by Crippen LogP contribution is 2.29. The highest BCUT2D eigenvalue weighted by atomic mass is 35.5. The molecular formula is C12H17ClN2O3S. The SMILES string of the molecule is CCCCC(=O)Nc1c(C)cc(S(N)(=O)=O)cc1Cl. The molecule has 7 heteroatoms. The quantitative estimate of drug-likeness (QED) is 0.875. The van der Waals surface area contributed by atoms with Crippen LogP contribution < -0.4 is 10.5 Å². The molecule has 0 saturated heterocycles. The Labute approximate surface area is 118 Å². The minimum Gasteiger partial charge on any atom is -0.325 e. The third-order valence-corrected chi connectivity index (χ3v) is 3.80. The van der Waals surface area contributed by atoms with Crippen LogP contribution >= 0.6 is 11.6 Å². The summed E-state index contributed by atoms with van der Waals surface area (Å²) in [6.07, 6.45) is 2.12. The van der Waals surface area contributed by atoms with Gasteiger partial charge in [0.2, 0.25) is 15.9 Å². The van der Waals surface area contributed by atoms with Gasteiger partial charge in [0.05, 0.1) is 15.6 Å². The monoisotopic (exact) mass is 304 g/mol. The van der Waals surface area contributed by atoms with Crippen molar-refractivity contribution >= 4 is 33.2 Å². The first-order valence-corrected chi connectivity index (χ1v) is 7.81. The molecule has 3 N–H and O–H groups in total. The van der Waals surface area contributed by atoms with Crippen LogP contribution in [0.25, 0.3) is 0 Å². The number of carbonyl (C=O) groups is 1. The number of benzene rings is 1. The largest absolute Gasteiger partial charge is 0.325 e. The number of hydrogen-bond acceptors (Lipinski definition) is 3. The van der Waals surface area contributed by atoms with Crippen molar-refractivity contribution in [2.45, 2.75) is 38.0 Å². The van der Waals surface area contributed by atoms with Crippen LogP contribution in [0.2, 0.25) is 5.02 Å². The Hall–Kier alpha value is -1.11. The molecule has 0 heterocycles. The van der Waals surface area contributed by atoms with E-state index in [9.17, 15) is 13.2 Å². The Kier molecular flexibility index (Phi) is 5.34. The minimum absolute atomic E-state index is 0.0680. The van der Waals surface area contributed by atoms with Crippen LogP contribution in [-0.2, 0) is 14.8 Å². The summed E-state index contributed by atoms with van der Waals surface area (Å²) < 4.78 is 22.5. The second-order valence-electron chi connectivity index (χ2n) is 4.29. The van der Waals surface area contributed by atoms with Crippen molar-refractivity contribution in [3.63, 3.8) is 0 Å². The molecular weight excluding hydrogens is 288 g/mol. The fourth-order valence-corrected chi connectivity index (χ4v) is 2.58. The van der Waals surface area contributed by atoms with Crippen molar-refractivity contribution in [1.29, 1.82) is 0 Å². The maximum Gasteiger partial charge on any atom is 0.238 e. The van der Waals surface area contributed by atoms with E-state index in [2.05, 4.69) is 5.32 Å². The summed E-state index contributed by atoms with van der Waals surface area (Å²) in [4.78, 5) is 11.6. The lowest BCUT2D eigenvalue weighted by atomic mass is 10.2. The van der Waals surface area contributed by atoms with E-state index in [1.807, 2.05) is 6.92 Å². The zero-order chi connectivity index (χ0) is 14.6. The first-order valence-electron chi connectivity index (χ1n) is 5.88. The van der Waals surface area contributed by atoms with Gasteiger partial charge in [0.1, 0.15) is 0 Å². The number of nitrogens with two attached hydrogens (primary N) is 1. The van der Waals surface area contributed by atoms with Crippen molar-refractivity contribution < 1.29 is 13.2 Å². The van der Waals surface area contributed by atoms with Crippen LogP contribution in [0.15, 0.2) is 17.0 Å². The smallest absolute Gasteiger partial charge is 0.238 e. The fourth-order valence-electron chi connectivity index (χ4n) is 1.57. The molecule has 0 spiro atoms. The Bertz CT molecular complexity index is 562. The zero-order valence-electron chi connectivity index (χ0n) is 10.9. The molecule has 0 bridgehead atoms. The molecule has 0 saturated carbocycles. The molecule has 0 atom stereocenters. The number of anilines is 1. The summed E-state index contributed by atoms with van der Waals surface area (Å²) >= 11 is 5.98. The molecule has 0 aliphatic rings. The van der Waals surface area contributed by atoms with Gasteiger partial charge in [-0.1, -0.05) is 24.9 Å². The number of hydrogen-bond donors (Lipinski definition) is 2. The second-order valence-corrected chi connectivity index (χ2v) is 6.26. The third-order valence-electron chi connectivity index (χ3n) is 2.61. The molecule has 1 rings (SSSR count). The van der Waals surface area contributed by atoms with Crippen molar-refractivity contribution in [2.75, 3.05) is 5.32 Å². The summed E-state index contributed by atoms with van der Waals surface area (Å²) in [6, 6.07) is 2.62. The minimum atomic E-state index is -3.80. The molecule has 0 aliphatic heterocycles. The van der Waals surface area contributed by atoms with Crippen LogP contribution in [0, 0.1) is 6.92 Å². The van der Waals surface area contributed by atoms with Gasteiger partial charge in [0.15, 0.2) is 0 Å². The first kappa shape index (κ1) is 15.9. The molecule has 0 fully saturated rings. The fraction of sp³-hybridized carbons (Fsp3) is 0.417. The molecule has 1 amide bonds. The van der Waals surface area contributed by atoms with Crippen molar-refractivity contribution in [3.8, 4) is 0 Å². The van der Waals surface area contributed by atoms with Gasteiger partial charge in [-0.15, -0.1) is 0 Å². The molecule has 1 aromatic rings. The highest BCUT2D eigenvalue weighted by molar-refractivity contribution is 7.89. The molecule has 0 aliphatic carbocycles. The van der Waals surface area contributed by atoms with Crippen molar-refractivity contribution in [1.82, 2.24) is 0 Å². The predicted molar refractivity (Wildman–Crippen MR) is 75.7 cm³/mol. The summed E-state index contributed by atoms with van der Waals surface area (Å²) in [5, 5.41) is 7.88. The number of aryl methyl sites for hydroxylation is 1. The average molecular weight is 305 g/mol. The topological polar surface area (TPSA) is 89.3 Å². The summed E-state index contributed by atoms with van der Waals surface area (Å²) in [5.74, 6) is -0.143. The summed E-state index contributed by atoms with van der Waals surface area (Å²) in [5.41, 5.74) is 0.983. The number of primary sulfonamides is 1. The lowest BCUT2D eigenvalue weighted by molar-refractivity contribution is -0.116. The Morgan fingerprint density at radius 1 is 1.42 bits per heavy atom. The van der Waals surface area contributed by atoms with Crippen LogP contribution in [0.1, 0.15) is 31.7 Å². The maximum absolute atomic E-state index is 11.6. The molecule has 1 aromatic carbocycles. The van der Waals surface area contributed by atoms with Gasteiger partial charge in [-0.25, -0.2) is 13.6 Å². The number of nitrogens with one attached hydrogen (secondary N) is 1. The van der Waals surface area contributed by atoms with Crippen LogP contribution in [0.4, 0.5) is 5.69 Å². The van der Waals surface area contributed by atoms with Crippen molar-refractivity contribution in [3.05, 3.63) is 22.7 Å². The number of halogens is 1. The number of carbonyl (C=O) groups excluding carboxylic acids is 1. The van der Waals surface area contributed by atoms with Gasteiger partial charge in [-0.3, -0.25) is 4.79 Å². The zero-order valence-corrected chi connectivity index (χ0v) is 12.4. The number of sulfonamides is 1. The van der Waals surface area contributed by atoms with E-state index in [0.717, 1.165) is 12.8 Å². The Morgan fingerprint density at radius 2 is 2.05 bits per heavy atom. The van der Waals surface area contributed by atoms with Crippen molar-refractivity contribution in [2.24, 2.45) is 5.14 Å². The normalized spacial score (nSPS) is 11.4. The average Bonchev–Trinajstić information content (AvgIpc) is 2.29. The number of unbranched alkanes of at least 4 members (excludes halogenated alkanes) is 1. The van der Waals surface area contributed by atoms with E-state index < -0.39 is 10.0 Å². The van der Waals surface area contributed by atoms with Gasteiger partial charge >= 0.3 is 0 Å². The van der Waals surface area contributed by atoms with Gasteiger partial charge in [0.25, 0.3) is 0 Å². The maximum atomic E-state index is 11.6. The van der Waals surface area contributed by atoms with E-state index in [0.29, 0.717) is 17.7 Å². The highest BCUT2D eigenvalue weighted by Gasteiger charge is 2.15. The molecule has 0 radical (unpaired) electrons. The first-order chi connectivity index (χ1) is 8.75. The summed E-state index contributed by atoms with van der Waals surface area (Å²) in [6.45, 7) is 3.66. The van der Waals surface area contributed by atoms with Gasteiger partial charge in [0, 0.05) is 6.42 Å². The standard InChI is InChI=1S/C12H17ClN2O3S/c1-3-4-5-11(16)15-12-8(2)6-9(7-10(12)13)19(14,17)18/h6-7H,3-5H2,1-2H3,(H,15,16)(H2,14,17,18). The third kappa shape index (κ3) is 4.49. The van der Waals surface area contributed by atoms with E-state index in [4.69, 9.17) is 16.7 Å². The lowest BCUT2D eigenvalue weighted by Gasteiger charge is -2.12. The van der Waals surface area contributed by atoms with Gasteiger partial charge in [-0.05, 0) is 31.0 Å². The number of rotatable bonds is 5. The predicted octanol–water partition coefficient (Wildman–Crippen LogP) is 2.42. The van der Waals surface area contributed by atoms with Crippen LogP contribution in [0.3, 0.4) is 0 Å².